The molecule has 3 heteroatoms. The Labute approximate surface area is 388 Å². The smallest absolute Gasteiger partial charge is 0.252 e. The van der Waals surface area contributed by atoms with Gasteiger partial charge in [0.2, 0.25) is 0 Å². The normalized spacial score (nSPS) is 13.1. The minimum atomic E-state index is -0.0203. The lowest BCUT2D eigenvalue weighted by atomic mass is 9.33. The number of benzene rings is 13. The molecule has 13 aromatic carbocycles. The number of nitrogens with zero attached hydrogens (tertiary/aromatic N) is 2. The molecule has 2 nitrogen and oxygen atoms in total. The third kappa shape index (κ3) is 4.90. The van der Waals surface area contributed by atoms with Crippen LogP contribution in [-0.2, 0) is 0 Å². The van der Waals surface area contributed by atoms with Crippen molar-refractivity contribution < 1.29 is 0 Å². The summed E-state index contributed by atoms with van der Waals surface area (Å²) in [5.74, 6) is 0. The van der Waals surface area contributed by atoms with Crippen LogP contribution >= 0.6 is 0 Å². The first-order chi connectivity index (χ1) is 33.1. The summed E-state index contributed by atoms with van der Waals surface area (Å²) in [5, 5.41) is 20.4. The third-order valence-electron chi connectivity index (χ3n) is 15.4. The van der Waals surface area contributed by atoms with E-state index in [1.165, 1.54) is 142 Å². The zero-order valence-corrected chi connectivity index (χ0v) is 37.2. The van der Waals surface area contributed by atoms with Gasteiger partial charge in [-0.15, -0.1) is 0 Å². The van der Waals surface area contributed by atoms with Gasteiger partial charge in [0, 0.05) is 44.6 Å². The van der Waals surface area contributed by atoms with Crippen molar-refractivity contribution in [1.29, 1.82) is 0 Å². The first-order valence-corrected chi connectivity index (χ1v) is 23.6. The molecular formula is C64H41BN2. The van der Waals surface area contributed by atoms with Crippen molar-refractivity contribution in [2.45, 2.75) is 13.8 Å². The Morgan fingerprint density at radius 3 is 1.16 bits per heavy atom. The quantitative estimate of drug-likeness (QED) is 0.126. The molecule has 0 spiro atoms. The molecule has 2 aliphatic heterocycles. The van der Waals surface area contributed by atoms with Crippen LogP contribution in [0.5, 0.6) is 0 Å². The minimum absolute atomic E-state index is 0.0203. The summed E-state index contributed by atoms with van der Waals surface area (Å²) in [6.45, 7) is 4.58. The third-order valence-corrected chi connectivity index (χ3v) is 15.4. The van der Waals surface area contributed by atoms with E-state index in [2.05, 4.69) is 236 Å². The number of hydrogen-bond donors (Lipinski definition) is 0. The van der Waals surface area contributed by atoms with Crippen molar-refractivity contribution in [3.8, 4) is 0 Å². The Hall–Kier alpha value is -8.40. The highest BCUT2D eigenvalue weighted by Gasteiger charge is 2.45. The molecule has 0 aromatic heterocycles. The van der Waals surface area contributed by atoms with Crippen molar-refractivity contribution in [1.82, 2.24) is 0 Å². The Kier molecular flexibility index (Phi) is 7.47. The van der Waals surface area contributed by atoms with Gasteiger partial charge in [-0.25, -0.2) is 0 Å². The summed E-state index contributed by atoms with van der Waals surface area (Å²) < 4.78 is 0. The molecule has 13 aromatic rings. The van der Waals surface area contributed by atoms with Gasteiger partial charge in [-0.05, 0) is 142 Å². The van der Waals surface area contributed by atoms with Crippen molar-refractivity contribution in [3.63, 3.8) is 0 Å². The Bertz CT molecular complexity index is 4260. The summed E-state index contributed by atoms with van der Waals surface area (Å²) in [4.78, 5) is 5.26. The van der Waals surface area contributed by atoms with Crippen LogP contribution in [-0.4, -0.2) is 6.71 Å². The average molecular weight is 849 g/mol. The highest BCUT2D eigenvalue weighted by molar-refractivity contribution is 7.01. The molecule has 2 heterocycles. The van der Waals surface area contributed by atoms with Crippen LogP contribution in [0.15, 0.2) is 212 Å². The van der Waals surface area contributed by atoms with Crippen LogP contribution in [0.1, 0.15) is 11.1 Å². The second kappa shape index (κ2) is 13.6. The molecule has 0 unspecified atom stereocenters. The number of anilines is 6. The number of aryl methyl sites for hydroxylation is 2. The van der Waals surface area contributed by atoms with Crippen LogP contribution in [0, 0.1) is 13.8 Å². The Morgan fingerprint density at radius 2 is 0.642 bits per heavy atom. The summed E-state index contributed by atoms with van der Waals surface area (Å²) in [5.41, 5.74) is 13.9. The van der Waals surface area contributed by atoms with E-state index in [1.54, 1.807) is 0 Å². The fourth-order valence-corrected chi connectivity index (χ4v) is 12.7. The lowest BCUT2D eigenvalue weighted by Gasteiger charge is -2.45. The maximum atomic E-state index is 2.65. The van der Waals surface area contributed by atoms with Crippen LogP contribution in [0.3, 0.4) is 0 Å². The molecule has 0 amide bonds. The van der Waals surface area contributed by atoms with Crippen molar-refractivity contribution in [3.05, 3.63) is 223 Å². The molecule has 2 aliphatic rings. The van der Waals surface area contributed by atoms with Gasteiger partial charge < -0.3 is 9.80 Å². The average Bonchev–Trinajstić information content (AvgIpc) is 3.39. The standard InChI is InChI=1S/C64H41BN2/c1-38-35-56-63(53-27-13-3-17-41(38)53)66(40-33-34-50-45-21-6-5-19-43(45)44-20-8-10-25-49(44)55(50)37-40)59-31-16-32-60-62(59)65(56)57-36-39(2)42-18-4-14-28-54(42)64(57)67(60)58-30-15-29-52-48-23-9-7-22-46(48)47-24-11-12-26-51(47)61(52)58/h3-37H,1-2H3. The highest BCUT2D eigenvalue weighted by Crippen LogP contribution is 2.51. The molecule has 0 bridgehead atoms. The summed E-state index contributed by atoms with van der Waals surface area (Å²) in [6, 6.07) is 80.2. The van der Waals surface area contributed by atoms with Crippen molar-refractivity contribution >= 4 is 143 Å². The molecule has 0 saturated carbocycles. The van der Waals surface area contributed by atoms with E-state index >= 15 is 0 Å². The predicted octanol–water partition coefficient (Wildman–Crippen LogP) is 15.6. The van der Waals surface area contributed by atoms with E-state index in [0.717, 1.165) is 5.69 Å². The Balaban J connectivity index is 1.10. The molecule has 0 radical (unpaired) electrons. The fraction of sp³-hybridized carbons (Fsp3) is 0.0312. The lowest BCUT2D eigenvalue weighted by molar-refractivity contribution is 1.27. The molecular weight excluding hydrogens is 808 g/mol. The van der Waals surface area contributed by atoms with Gasteiger partial charge in [-0.1, -0.05) is 182 Å². The van der Waals surface area contributed by atoms with Crippen LogP contribution in [0.4, 0.5) is 34.1 Å². The van der Waals surface area contributed by atoms with Gasteiger partial charge in [0.05, 0.1) is 5.69 Å². The van der Waals surface area contributed by atoms with Gasteiger partial charge in [-0.3, -0.25) is 0 Å². The van der Waals surface area contributed by atoms with Crippen LogP contribution in [0.2, 0.25) is 0 Å². The minimum Gasteiger partial charge on any atom is -0.311 e. The summed E-state index contributed by atoms with van der Waals surface area (Å²) >= 11 is 0. The zero-order valence-electron chi connectivity index (χ0n) is 37.2. The van der Waals surface area contributed by atoms with E-state index < -0.39 is 0 Å². The van der Waals surface area contributed by atoms with Gasteiger partial charge in [0.15, 0.2) is 0 Å². The van der Waals surface area contributed by atoms with Gasteiger partial charge >= 0.3 is 0 Å². The molecule has 0 N–H and O–H groups in total. The first kappa shape index (κ1) is 36.9. The first-order valence-electron chi connectivity index (χ1n) is 23.6. The topological polar surface area (TPSA) is 6.48 Å². The maximum Gasteiger partial charge on any atom is 0.252 e. The van der Waals surface area contributed by atoms with Gasteiger partial charge in [0.1, 0.15) is 0 Å². The highest BCUT2D eigenvalue weighted by atomic mass is 15.2. The van der Waals surface area contributed by atoms with E-state index in [9.17, 15) is 0 Å². The van der Waals surface area contributed by atoms with Gasteiger partial charge in [-0.2, -0.15) is 0 Å². The second-order valence-corrected chi connectivity index (χ2v) is 18.8. The van der Waals surface area contributed by atoms with Crippen LogP contribution in [0.25, 0.3) is 86.2 Å². The lowest BCUT2D eigenvalue weighted by Crippen LogP contribution is -2.61. The van der Waals surface area contributed by atoms with E-state index in [-0.39, 0.29) is 6.71 Å². The molecule has 0 fully saturated rings. The van der Waals surface area contributed by atoms with E-state index in [1.807, 2.05) is 0 Å². The van der Waals surface area contributed by atoms with E-state index in [0.29, 0.717) is 0 Å². The molecule has 0 atom stereocenters. The number of fused-ring (bicyclic) bond motifs is 20. The monoisotopic (exact) mass is 848 g/mol. The molecule has 310 valence electrons. The second-order valence-electron chi connectivity index (χ2n) is 18.8. The molecule has 0 aliphatic carbocycles. The number of hydrogen-bond acceptors (Lipinski definition) is 2. The largest absolute Gasteiger partial charge is 0.311 e. The summed E-state index contributed by atoms with van der Waals surface area (Å²) in [7, 11) is 0. The SMILES string of the molecule is Cc1cc2c(c3ccccc13)N(c1ccc3c4ccccc4c4ccccc4c3c1)c1cccc3c1B2c1cc(C)c2ccccc2c1N3c1cccc2c3ccccc3c3ccccc3c12. The van der Waals surface area contributed by atoms with Gasteiger partial charge in [0.25, 0.3) is 6.71 Å². The van der Waals surface area contributed by atoms with E-state index in [4.69, 9.17) is 0 Å². The van der Waals surface area contributed by atoms with Crippen molar-refractivity contribution in [2.75, 3.05) is 9.80 Å². The Morgan fingerprint density at radius 1 is 0.284 bits per heavy atom. The van der Waals surface area contributed by atoms with Crippen molar-refractivity contribution in [2.24, 2.45) is 0 Å². The maximum absolute atomic E-state index is 2.65. The summed E-state index contributed by atoms with van der Waals surface area (Å²) in [6.07, 6.45) is 0. The zero-order chi connectivity index (χ0) is 44.1. The molecule has 67 heavy (non-hydrogen) atoms. The molecule has 15 rings (SSSR count). The number of rotatable bonds is 2. The van der Waals surface area contributed by atoms with Crippen LogP contribution < -0.4 is 26.2 Å². The molecule has 0 saturated heterocycles. The fourth-order valence-electron chi connectivity index (χ4n) is 12.7. The predicted molar refractivity (Wildman–Crippen MR) is 290 cm³/mol.